The zero-order valence-electron chi connectivity index (χ0n) is 19.0. The molecule has 3 nitrogen and oxygen atoms in total. The van der Waals surface area contributed by atoms with Gasteiger partial charge in [-0.25, -0.2) is 0 Å². The molecule has 2 aromatic carbocycles. The van der Waals surface area contributed by atoms with Crippen molar-refractivity contribution in [3.05, 3.63) is 69.7 Å². The van der Waals surface area contributed by atoms with Gasteiger partial charge < -0.3 is 9.80 Å². The molecule has 36 heavy (non-hydrogen) atoms. The van der Waals surface area contributed by atoms with Gasteiger partial charge in [0.1, 0.15) is 0 Å². The molecule has 0 aliphatic carbocycles. The van der Waals surface area contributed by atoms with E-state index in [9.17, 15) is 44.3 Å². The van der Waals surface area contributed by atoms with Gasteiger partial charge in [-0.05, 0) is 74.5 Å². The largest absolute Gasteiger partial charge is 0.416 e. The highest BCUT2D eigenvalue weighted by atomic mass is 35.5. The molecule has 200 valence electrons. The second-order valence-electron chi connectivity index (χ2n) is 8.25. The summed E-state index contributed by atoms with van der Waals surface area (Å²) in [5, 5.41) is 0.304. The third-order valence-corrected chi connectivity index (χ3v) is 5.92. The maximum atomic E-state index is 13.1. The summed E-state index contributed by atoms with van der Waals surface area (Å²) in [4.78, 5) is 14.2. The maximum Gasteiger partial charge on any atom is 0.416 e. The van der Waals surface area contributed by atoms with Gasteiger partial charge >= 0.3 is 18.5 Å². The number of halogens is 10. The molecule has 1 saturated heterocycles. The average molecular weight is 549 g/mol. The van der Waals surface area contributed by atoms with Gasteiger partial charge in [-0.2, -0.15) is 39.5 Å². The van der Waals surface area contributed by atoms with Gasteiger partial charge in [-0.15, -0.1) is 0 Å². The second-order valence-corrected chi connectivity index (χ2v) is 8.69. The third-order valence-electron chi connectivity index (χ3n) is 5.67. The first-order valence-electron chi connectivity index (χ1n) is 10.4. The molecule has 1 heterocycles. The minimum absolute atomic E-state index is 0.0971. The summed E-state index contributed by atoms with van der Waals surface area (Å²) in [5.74, 6) is 0. The fourth-order valence-electron chi connectivity index (χ4n) is 3.92. The lowest BCUT2D eigenvalue weighted by Gasteiger charge is -2.35. The van der Waals surface area contributed by atoms with Crippen LogP contribution in [0, 0.1) is 0 Å². The Bertz CT molecular complexity index is 988. The topological polar surface area (TPSA) is 23.6 Å². The minimum Gasteiger partial charge on any atom is -0.340 e. The molecule has 1 amide bonds. The molecule has 0 bridgehead atoms. The molecule has 0 radical (unpaired) electrons. The Labute approximate surface area is 206 Å². The molecule has 1 fully saturated rings. The molecule has 0 aromatic heterocycles. The van der Waals surface area contributed by atoms with Gasteiger partial charge in [0.05, 0.1) is 22.7 Å². The van der Waals surface area contributed by atoms with Crippen LogP contribution in [0.3, 0.4) is 0 Å². The van der Waals surface area contributed by atoms with Crippen LogP contribution >= 0.6 is 11.6 Å². The first-order valence-corrected chi connectivity index (χ1v) is 10.8. The molecule has 0 spiro atoms. The Morgan fingerprint density at radius 3 is 1.72 bits per heavy atom. The highest BCUT2D eigenvalue weighted by Gasteiger charge is 2.40. The molecule has 2 atom stereocenters. The lowest BCUT2D eigenvalue weighted by Crippen LogP contribution is -2.39. The van der Waals surface area contributed by atoms with Crippen molar-refractivity contribution in [1.82, 2.24) is 9.80 Å². The van der Waals surface area contributed by atoms with E-state index in [1.165, 1.54) is 19.2 Å². The first-order chi connectivity index (χ1) is 16.4. The lowest BCUT2D eigenvalue weighted by molar-refractivity contribution is -0.143. The van der Waals surface area contributed by atoms with Crippen molar-refractivity contribution < 1.29 is 44.3 Å². The number of nitrogens with zero attached hydrogens (tertiary/aromatic N) is 2. The van der Waals surface area contributed by atoms with E-state index in [0.29, 0.717) is 36.5 Å². The number of benzene rings is 2. The molecule has 13 heteroatoms. The van der Waals surface area contributed by atoms with Crippen LogP contribution < -0.4 is 0 Å². The Morgan fingerprint density at radius 2 is 1.36 bits per heavy atom. The van der Waals surface area contributed by atoms with E-state index < -0.39 is 41.3 Å². The smallest absolute Gasteiger partial charge is 0.340 e. The van der Waals surface area contributed by atoms with Gasteiger partial charge in [-0.3, -0.25) is 4.79 Å². The van der Waals surface area contributed by atoms with Gasteiger partial charge in [0.2, 0.25) is 6.41 Å². The van der Waals surface area contributed by atoms with E-state index >= 15 is 0 Å². The molecule has 3 rings (SSSR count). The zero-order valence-corrected chi connectivity index (χ0v) is 19.7. The Hall–Kier alpha value is -2.47. The summed E-state index contributed by atoms with van der Waals surface area (Å²) in [7, 11) is 3.10. The normalized spacial score (nSPS) is 17.8. The van der Waals surface area contributed by atoms with E-state index in [0.717, 1.165) is 23.5 Å². The molecule has 0 saturated carbocycles. The van der Waals surface area contributed by atoms with E-state index in [4.69, 9.17) is 11.6 Å². The third kappa shape index (κ3) is 7.76. The monoisotopic (exact) mass is 548 g/mol. The molecule has 0 N–H and O–H groups in total. The van der Waals surface area contributed by atoms with Crippen LogP contribution in [0.1, 0.15) is 41.1 Å². The van der Waals surface area contributed by atoms with Crippen molar-refractivity contribution in [2.45, 2.75) is 43.5 Å². The number of amides is 1. The highest BCUT2D eigenvalue weighted by molar-refractivity contribution is 6.30. The van der Waals surface area contributed by atoms with Gasteiger partial charge in [0, 0.05) is 18.1 Å². The van der Waals surface area contributed by atoms with Crippen LogP contribution in [0.2, 0.25) is 5.02 Å². The van der Waals surface area contributed by atoms with E-state index in [-0.39, 0.29) is 17.7 Å². The van der Waals surface area contributed by atoms with Crippen LogP contribution in [-0.2, 0) is 23.3 Å². The molecule has 1 aliphatic rings. The number of carbonyl (C=O) groups excluding carboxylic acids is 1. The van der Waals surface area contributed by atoms with Crippen LogP contribution in [0.5, 0.6) is 0 Å². The summed E-state index contributed by atoms with van der Waals surface area (Å²) < 4.78 is 114. The van der Waals surface area contributed by atoms with Crippen LogP contribution in [0.15, 0.2) is 42.5 Å². The summed E-state index contributed by atoms with van der Waals surface area (Å²) in [6.07, 6.45) is -12.3. The van der Waals surface area contributed by atoms with Crippen LogP contribution in [0.25, 0.3) is 0 Å². The predicted molar refractivity (Wildman–Crippen MR) is 115 cm³/mol. The predicted octanol–water partition coefficient (Wildman–Crippen LogP) is 7.31. The summed E-state index contributed by atoms with van der Waals surface area (Å²) >= 11 is 5.39. The number of rotatable bonds is 4. The van der Waals surface area contributed by atoms with E-state index in [1.54, 1.807) is 7.05 Å². The minimum atomic E-state index is -4.91. The number of alkyl halides is 9. The molecule has 2 aromatic rings. The van der Waals surface area contributed by atoms with Crippen LogP contribution in [-0.4, -0.2) is 42.9 Å². The molecule has 2 unspecified atom stereocenters. The summed E-state index contributed by atoms with van der Waals surface area (Å²) in [6, 6.07) is 4.57. The number of likely N-dealkylation sites (N-methyl/N-ethyl adjacent to an activating group) is 2. The van der Waals surface area contributed by atoms with Gasteiger partial charge in [0.15, 0.2) is 0 Å². The van der Waals surface area contributed by atoms with E-state index in [1.807, 2.05) is 4.90 Å². The first kappa shape index (κ1) is 29.8. The maximum absolute atomic E-state index is 13.1. The summed E-state index contributed by atoms with van der Waals surface area (Å²) in [5.41, 5.74) is -3.60. The number of carbonyl (C=O) groups is 1. The van der Waals surface area contributed by atoms with Crippen molar-refractivity contribution in [2.24, 2.45) is 0 Å². The second kappa shape index (κ2) is 11.3. The summed E-state index contributed by atoms with van der Waals surface area (Å²) in [6.45, 7) is 0.666. The fraction of sp³-hybridized carbons (Fsp3) is 0.435. The van der Waals surface area contributed by atoms with Gasteiger partial charge in [-0.1, -0.05) is 11.6 Å². The number of hydrogen-bond donors (Lipinski definition) is 0. The van der Waals surface area contributed by atoms with Crippen molar-refractivity contribution in [1.29, 1.82) is 0 Å². The van der Waals surface area contributed by atoms with Crippen molar-refractivity contribution in [2.75, 3.05) is 20.6 Å². The zero-order chi connectivity index (χ0) is 27.5. The van der Waals surface area contributed by atoms with Crippen molar-refractivity contribution in [3.63, 3.8) is 0 Å². The average Bonchev–Trinajstić information content (AvgIpc) is 3.18. The molecular weight excluding hydrogens is 527 g/mol. The fourth-order valence-corrected chi connectivity index (χ4v) is 4.04. The Morgan fingerprint density at radius 1 is 0.889 bits per heavy atom. The van der Waals surface area contributed by atoms with Crippen molar-refractivity contribution >= 4 is 18.0 Å². The Balaban J connectivity index is 0.000000346. The van der Waals surface area contributed by atoms with Crippen LogP contribution in [0.4, 0.5) is 39.5 Å². The number of likely N-dealkylation sites (tertiary alicyclic amines) is 1. The Kier molecular flexibility index (Phi) is 9.33. The SMILES string of the molecule is CN(C=O)C(c1cc(C(F)(F)F)cc(C(F)(F)F)c1)C1CCCN1C.FC(F)(F)c1ccc(Cl)cc1. The quantitative estimate of drug-likeness (QED) is 0.295. The van der Waals surface area contributed by atoms with E-state index in [2.05, 4.69) is 0 Å². The molecule has 1 aliphatic heterocycles. The standard InChI is InChI=1S/C16H18F6N2O.C7H4ClF3/c1-23-5-3-4-13(23)14(24(2)9-25)10-6-11(15(17,18)19)8-12(7-10)16(20,21)22;8-6-3-1-5(2-4-6)7(9,10)11/h6-9,13-14H,3-5H2,1-2H3;1-4H. The number of hydrogen-bond acceptors (Lipinski definition) is 2. The van der Waals surface area contributed by atoms with Crippen molar-refractivity contribution in [3.8, 4) is 0 Å². The highest BCUT2D eigenvalue weighted by Crippen LogP contribution is 2.40. The lowest BCUT2D eigenvalue weighted by atomic mass is 9.93. The van der Waals surface area contributed by atoms with Gasteiger partial charge in [0.25, 0.3) is 0 Å². The molecular formula is C23H22ClF9N2O.